The van der Waals surface area contributed by atoms with E-state index in [1.165, 1.54) is 22.3 Å². The number of anilines is 1. The number of carbonyl (C=O) groups is 1. The van der Waals surface area contributed by atoms with Crippen molar-refractivity contribution in [3.8, 4) is 0 Å². The van der Waals surface area contributed by atoms with E-state index >= 15 is 0 Å². The number of hydrogen-bond acceptors (Lipinski definition) is 5. The third-order valence-electron chi connectivity index (χ3n) is 4.95. The highest BCUT2D eigenvalue weighted by molar-refractivity contribution is 7.99. The molecule has 0 aliphatic heterocycles. The lowest BCUT2D eigenvalue weighted by Gasteiger charge is -2.23. The Bertz CT molecular complexity index is 1100. The van der Waals surface area contributed by atoms with Crippen molar-refractivity contribution in [1.29, 1.82) is 0 Å². The number of pyridine rings is 1. The number of benzene rings is 2. The highest BCUT2D eigenvalue weighted by Gasteiger charge is 2.22. The third-order valence-corrected chi connectivity index (χ3v) is 7.91. The molecule has 0 radical (unpaired) electrons. The van der Waals surface area contributed by atoms with Crippen molar-refractivity contribution in [3.63, 3.8) is 0 Å². The number of carbonyl (C=O) groups excluding carboxylic acids is 1. The highest BCUT2D eigenvalue weighted by Crippen LogP contribution is 2.23. The standard InChI is InChI=1S/C24H27N3O3S2/c1-3-26(4-2)32(29,30)22-15-16-23(25-17-22)31-19-24(28)27(21-13-9-6-10-14-21)18-20-11-7-5-8-12-20/h5-17H,3-4,18-19H2,1-2H3. The quantitative estimate of drug-likeness (QED) is 0.411. The molecule has 3 rings (SSSR count). The van der Waals surface area contributed by atoms with E-state index in [9.17, 15) is 13.2 Å². The second-order valence-corrected chi connectivity index (χ2v) is 9.94. The minimum atomic E-state index is -3.55. The van der Waals surface area contributed by atoms with Gasteiger partial charge in [-0.25, -0.2) is 13.4 Å². The first-order valence-electron chi connectivity index (χ1n) is 10.4. The van der Waals surface area contributed by atoms with Gasteiger partial charge < -0.3 is 4.90 Å². The Hall–Kier alpha value is -2.68. The van der Waals surface area contributed by atoms with Crippen LogP contribution in [0.25, 0.3) is 0 Å². The summed E-state index contributed by atoms with van der Waals surface area (Å²) in [7, 11) is -3.55. The number of aromatic nitrogens is 1. The van der Waals surface area contributed by atoms with E-state index in [1.807, 2.05) is 60.7 Å². The molecule has 1 aromatic heterocycles. The van der Waals surface area contributed by atoms with Crippen molar-refractivity contribution in [2.75, 3.05) is 23.7 Å². The van der Waals surface area contributed by atoms with Gasteiger partial charge >= 0.3 is 0 Å². The lowest BCUT2D eigenvalue weighted by atomic mass is 10.2. The number of para-hydroxylation sites is 1. The molecule has 0 N–H and O–H groups in total. The van der Waals surface area contributed by atoms with Gasteiger partial charge in [0.25, 0.3) is 0 Å². The third kappa shape index (κ3) is 5.97. The first-order valence-corrected chi connectivity index (χ1v) is 12.9. The molecule has 0 atom stereocenters. The van der Waals surface area contributed by atoms with Crippen LogP contribution in [0.1, 0.15) is 19.4 Å². The zero-order chi connectivity index (χ0) is 23.0. The zero-order valence-corrected chi connectivity index (χ0v) is 19.8. The van der Waals surface area contributed by atoms with Crippen molar-refractivity contribution in [2.24, 2.45) is 0 Å². The molecule has 0 unspecified atom stereocenters. The van der Waals surface area contributed by atoms with Crippen LogP contribution in [0.4, 0.5) is 5.69 Å². The maximum absolute atomic E-state index is 13.1. The molecule has 0 aliphatic carbocycles. The van der Waals surface area contributed by atoms with Gasteiger partial charge in [0, 0.05) is 25.0 Å². The smallest absolute Gasteiger partial charge is 0.244 e. The first kappa shape index (κ1) is 24.0. The largest absolute Gasteiger partial charge is 0.307 e. The fourth-order valence-corrected chi connectivity index (χ4v) is 5.35. The lowest BCUT2D eigenvalue weighted by Crippen LogP contribution is -2.32. The number of amides is 1. The van der Waals surface area contributed by atoms with Gasteiger partial charge in [0.1, 0.15) is 4.90 Å². The first-order chi connectivity index (χ1) is 15.5. The number of rotatable bonds is 10. The molecular weight excluding hydrogens is 442 g/mol. The van der Waals surface area contributed by atoms with E-state index in [0.717, 1.165) is 11.3 Å². The van der Waals surface area contributed by atoms with Gasteiger partial charge in [0.2, 0.25) is 15.9 Å². The van der Waals surface area contributed by atoms with E-state index in [1.54, 1.807) is 30.9 Å². The summed E-state index contributed by atoms with van der Waals surface area (Å²) < 4.78 is 26.6. The normalized spacial score (nSPS) is 11.5. The van der Waals surface area contributed by atoms with E-state index in [4.69, 9.17) is 0 Å². The van der Waals surface area contributed by atoms with Gasteiger partial charge in [-0.15, -0.1) is 0 Å². The highest BCUT2D eigenvalue weighted by atomic mass is 32.2. The SMILES string of the molecule is CCN(CC)S(=O)(=O)c1ccc(SCC(=O)N(Cc2ccccc2)c2ccccc2)nc1. The number of hydrogen-bond donors (Lipinski definition) is 0. The van der Waals surface area contributed by atoms with Crippen molar-refractivity contribution < 1.29 is 13.2 Å². The minimum Gasteiger partial charge on any atom is -0.307 e. The molecule has 8 heteroatoms. The van der Waals surface area contributed by atoms with Crippen LogP contribution in [0.5, 0.6) is 0 Å². The molecule has 1 heterocycles. The topological polar surface area (TPSA) is 70.6 Å². The Balaban J connectivity index is 1.71. The summed E-state index contributed by atoms with van der Waals surface area (Å²) in [6.45, 7) is 4.89. The van der Waals surface area contributed by atoms with Gasteiger partial charge in [0.05, 0.1) is 17.3 Å². The Morgan fingerprint density at radius 2 is 1.53 bits per heavy atom. The van der Waals surface area contributed by atoms with Gasteiger partial charge in [0.15, 0.2) is 0 Å². The maximum Gasteiger partial charge on any atom is 0.244 e. The summed E-state index contributed by atoms with van der Waals surface area (Å²) in [5.41, 5.74) is 1.87. The molecule has 0 spiro atoms. The van der Waals surface area contributed by atoms with Crippen LogP contribution >= 0.6 is 11.8 Å². The molecule has 0 bridgehead atoms. The van der Waals surface area contributed by atoms with Gasteiger partial charge in [-0.1, -0.05) is 74.1 Å². The van der Waals surface area contributed by atoms with Crippen molar-refractivity contribution in [3.05, 3.63) is 84.6 Å². The Kier molecular flexibility index (Phi) is 8.44. The van der Waals surface area contributed by atoms with Crippen LogP contribution < -0.4 is 4.90 Å². The monoisotopic (exact) mass is 469 g/mol. The predicted molar refractivity (Wildman–Crippen MR) is 129 cm³/mol. The molecule has 0 fully saturated rings. The molecule has 32 heavy (non-hydrogen) atoms. The van der Waals surface area contributed by atoms with E-state index < -0.39 is 10.0 Å². The van der Waals surface area contributed by atoms with Crippen LogP contribution in [0, 0.1) is 0 Å². The van der Waals surface area contributed by atoms with Crippen LogP contribution in [0.2, 0.25) is 0 Å². The molecular formula is C24H27N3O3S2. The zero-order valence-electron chi connectivity index (χ0n) is 18.2. The average molecular weight is 470 g/mol. The van der Waals surface area contributed by atoms with Gasteiger partial charge in [-0.2, -0.15) is 4.31 Å². The molecule has 3 aromatic rings. The van der Waals surface area contributed by atoms with Crippen LogP contribution in [-0.2, 0) is 21.4 Å². The molecule has 0 saturated heterocycles. The van der Waals surface area contributed by atoms with Crippen molar-refractivity contribution in [1.82, 2.24) is 9.29 Å². The van der Waals surface area contributed by atoms with Crippen LogP contribution in [-0.4, -0.2) is 42.5 Å². The summed E-state index contributed by atoms with van der Waals surface area (Å²) in [4.78, 5) is 19.3. The average Bonchev–Trinajstić information content (AvgIpc) is 2.83. The minimum absolute atomic E-state index is 0.0494. The van der Waals surface area contributed by atoms with Gasteiger partial charge in [-0.05, 0) is 29.8 Å². The summed E-state index contributed by atoms with van der Waals surface area (Å²) >= 11 is 1.29. The maximum atomic E-state index is 13.1. The van der Waals surface area contributed by atoms with Crippen molar-refractivity contribution in [2.45, 2.75) is 30.3 Å². The lowest BCUT2D eigenvalue weighted by molar-refractivity contribution is -0.116. The summed E-state index contributed by atoms with van der Waals surface area (Å²) in [6, 6.07) is 22.6. The van der Waals surface area contributed by atoms with Crippen LogP contribution in [0.3, 0.4) is 0 Å². The molecule has 0 aliphatic rings. The van der Waals surface area contributed by atoms with E-state index in [2.05, 4.69) is 4.98 Å². The van der Waals surface area contributed by atoms with Crippen LogP contribution in [0.15, 0.2) is 88.9 Å². The molecule has 168 valence electrons. The molecule has 0 saturated carbocycles. The fourth-order valence-electron chi connectivity index (χ4n) is 3.23. The molecule has 1 amide bonds. The Morgan fingerprint density at radius 1 is 0.906 bits per heavy atom. The number of sulfonamides is 1. The van der Waals surface area contributed by atoms with Gasteiger partial charge in [-0.3, -0.25) is 4.79 Å². The number of thioether (sulfide) groups is 1. The Morgan fingerprint density at radius 3 is 2.09 bits per heavy atom. The van der Waals surface area contributed by atoms with E-state index in [-0.39, 0.29) is 16.6 Å². The Labute approximate surface area is 194 Å². The molecule has 6 nitrogen and oxygen atoms in total. The second-order valence-electron chi connectivity index (χ2n) is 7.01. The van der Waals surface area contributed by atoms with Crippen molar-refractivity contribution >= 4 is 33.4 Å². The fraction of sp³-hybridized carbons (Fsp3) is 0.250. The summed E-state index contributed by atoms with van der Waals surface area (Å²) in [5, 5.41) is 0.601. The summed E-state index contributed by atoms with van der Waals surface area (Å²) in [6.07, 6.45) is 1.36. The summed E-state index contributed by atoms with van der Waals surface area (Å²) in [5.74, 6) is 0.142. The molecule has 2 aromatic carbocycles. The van der Waals surface area contributed by atoms with E-state index in [0.29, 0.717) is 24.7 Å². The number of nitrogens with zero attached hydrogens (tertiary/aromatic N) is 3. The second kappa shape index (κ2) is 11.3. The predicted octanol–water partition coefficient (Wildman–Crippen LogP) is 4.44.